The molecule has 2 aromatic carbocycles. The topological polar surface area (TPSA) is 37.3 Å². The van der Waals surface area contributed by atoms with Crippen LogP contribution in [-0.4, -0.2) is 11.2 Å². The number of halogens is 2. The Morgan fingerprint density at radius 1 is 1.05 bits per heavy atom. The van der Waals surface area contributed by atoms with Crippen LogP contribution in [0, 0.1) is 0 Å². The van der Waals surface area contributed by atoms with Crippen LogP contribution in [0.5, 0.6) is 0 Å². The van der Waals surface area contributed by atoms with Gasteiger partial charge in [0.2, 0.25) is 5.13 Å². The molecule has 6 heteroatoms. The average molecular weight is 348 g/mol. The molecule has 0 radical (unpaired) electrons. The van der Waals surface area contributed by atoms with E-state index in [4.69, 9.17) is 23.2 Å². The van der Waals surface area contributed by atoms with Crippen molar-refractivity contribution >= 4 is 45.9 Å². The summed E-state index contributed by atoms with van der Waals surface area (Å²) in [5.41, 5.74) is 5.76. The van der Waals surface area contributed by atoms with Gasteiger partial charge in [-0.2, -0.15) is 5.10 Å². The highest BCUT2D eigenvalue weighted by Crippen LogP contribution is 2.25. The lowest BCUT2D eigenvalue weighted by atomic mass is 10.2. The zero-order valence-electron chi connectivity index (χ0n) is 11.3. The maximum Gasteiger partial charge on any atom is 0.203 e. The van der Waals surface area contributed by atoms with Crippen LogP contribution < -0.4 is 5.43 Å². The van der Waals surface area contributed by atoms with Crippen LogP contribution in [-0.2, 0) is 0 Å². The fraction of sp³-hybridized carbons (Fsp3) is 0. The van der Waals surface area contributed by atoms with E-state index in [1.807, 2.05) is 53.9 Å². The zero-order chi connectivity index (χ0) is 15.4. The highest BCUT2D eigenvalue weighted by Gasteiger charge is 2.03. The molecule has 0 unspecified atom stereocenters. The Labute approximate surface area is 142 Å². The number of anilines is 1. The van der Waals surface area contributed by atoms with Crippen molar-refractivity contribution in [2.45, 2.75) is 0 Å². The van der Waals surface area contributed by atoms with E-state index < -0.39 is 0 Å². The Morgan fingerprint density at radius 2 is 1.86 bits per heavy atom. The molecule has 0 atom stereocenters. The van der Waals surface area contributed by atoms with Gasteiger partial charge in [-0.3, -0.25) is 5.43 Å². The maximum absolute atomic E-state index is 5.92. The van der Waals surface area contributed by atoms with Crippen molar-refractivity contribution < 1.29 is 0 Å². The summed E-state index contributed by atoms with van der Waals surface area (Å²) in [4.78, 5) is 4.48. The minimum atomic E-state index is 0.684. The molecule has 0 saturated heterocycles. The highest BCUT2D eigenvalue weighted by molar-refractivity contribution is 7.14. The van der Waals surface area contributed by atoms with Gasteiger partial charge < -0.3 is 0 Å². The first kappa shape index (κ1) is 15.0. The van der Waals surface area contributed by atoms with Gasteiger partial charge in [0.05, 0.1) is 11.9 Å². The van der Waals surface area contributed by atoms with Gasteiger partial charge >= 0.3 is 0 Å². The van der Waals surface area contributed by atoms with Crippen molar-refractivity contribution in [2.75, 3.05) is 5.43 Å². The average Bonchev–Trinajstić information content (AvgIpc) is 2.97. The van der Waals surface area contributed by atoms with Crippen LogP contribution in [0.15, 0.2) is 59.0 Å². The third kappa shape index (κ3) is 3.85. The second kappa shape index (κ2) is 6.92. The first-order chi connectivity index (χ1) is 10.7. The summed E-state index contributed by atoms with van der Waals surface area (Å²) in [5.74, 6) is 0. The van der Waals surface area contributed by atoms with Crippen molar-refractivity contribution in [3.8, 4) is 11.3 Å². The second-order valence-corrected chi connectivity index (χ2v) is 6.20. The number of aromatic nitrogens is 1. The van der Waals surface area contributed by atoms with E-state index in [2.05, 4.69) is 15.5 Å². The Kier molecular flexibility index (Phi) is 4.73. The number of thiazole rings is 1. The van der Waals surface area contributed by atoms with Crippen molar-refractivity contribution in [3.05, 3.63) is 69.5 Å². The summed E-state index contributed by atoms with van der Waals surface area (Å²) in [6.07, 6.45) is 1.70. The summed E-state index contributed by atoms with van der Waals surface area (Å²) >= 11 is 13.3. The molecular formula is C16H11Cl2N3S. The van der Waals surface area contributed by atoms with Gasteiger partial charge in [0.1, 0.15) is 0 Å². The molecule has 0 aliphatic heterocycles. The van der Waals surface area contributed by atoms with Crippen molar-refractivity contribution in [2.24, 2.45) is 5.10 Å². The number of hydrogen-bond acceptors (Lipinski definition) is 4. The Morgan fingerprint density at radius 3 is 2.64 bits per heavy atom. The summed E-state index contributed by atoms with van der Waals surface area (Å²) in [7, 11) is 0. The van der Waals surface area contributed by atoms with E-state index in [0.717, 1.165) is 22.0 Å². The second-order valence-electron chi connectivity index (χ2n) is 4.47. The van der Waals surface area contributed by atoms with Crippen LogP contribution in [0.25, 0.3) is 11.3 Å². The lowest BCUT2D eigenvalue weighted by molar-refractivity contribution is 1.29. The molecule has 1 N–H and O–H groups in total. The van der Waals surface area contributed by atoms with Crippen molar-refractivity contribution in [1.82, 2.24) is 4.98 Å². The number of hydrogen-bond donors (Lipinski definition) is 1. The molecule has 0 aliphatic rings. The van der Waals surface area contributed by atoms with Crippen LogP contribution in [0.1, 0.15) is 5.56 Å². The molecule has 0 fully saturated rings. The summed E-state index contributed by atoms with van der Waals surface area (Å²) in [6, 6.07) is 15.1. The molecule has 0 amide bonds. The Hall–Kier alpha value is -1.88. The summed E-state index contributed by atoms with van der Waals surface area (Å²) < 4.78 is 0. The SMILES string of the molecule is Clc1ccc(-c2csc(NN=Cc3cccc(Cl)c3)n2)cc1. The largest absolute Gasteiger partial charge is 0.253 e. The van der Waals surface area contributed by atoms with Gasteiger partial charge in [0.15, 0.2) is 0 Å². The molecule has 0 saturated carbocycles. The van der Waals surface area contributed by atoms with Gasteiger partial charge in [-0.15, -0.1) is 11.3 Å². The predicted octanol–water partition coefficient (Wildman–Crippen LogP) is 5.56. The lowest BCUT2D eigenvalue weighted by Crippen LogP contribution is -1.90. The maximum atomic E-state index is 5.92. The smallest absolute Gasteiger partial charge is 0.203 e. The minimum Gasteiger partial charge on any atom is -0.253 e. The van der Waals surface area contributed by atoms with E-state index in [1.165, 1.54) is 11.3 Å². The molecule has 110 valence electrons. The van der Waals surface area contributed by atoms with E-state index in [0.29, 0.717) is 10.0 Å². The fourth-order valence-electron chi connectivity index (χ4n) is 1.83. The molecule has 1 aromatic heterocycles. The molecule has 0 spiro atoms. The van der Waals surface area contributed by atoms with Gasteiger partial charge in [0, 0.05) is 21.0 Å². The standard InChI is InChI=1S/C16H11Cl2N3S/c17-13-6-4-12(5-7-13)15-10-22-16(20-15)21-19-9-11-2-1-3-14(18)8-11/h1-10H,(H,20,21). The van der Waals surface area contributed by atoms with E-state index >= 15 is 0 Å². The third-order valence-corrected chi connectivity index (χ3v) is 4.10. The van der Waals surface area contributed by atoms with E-state index in [-0.39, 0.29) is 0 Å². The number of benzene rings is 2. The molecule has 0 aliphatic carbocycles. The normalized spacial score (nSPS) is 11.0. The summed E-state index contributed by atoms with van der Waals surface area (Å²) in [5, 5.41) is 8.26. The van der Waals surface area contributed by atoms with Crippen molar-refractivity contribution in [1.29, 1.82) is 0 Å². The van der Waals surface area contributed by atoms with Crippen LogP contribution >= 0.6 is 34.5 Å². The number of nitrogens with zero attached hydrogens (tertiary/aromatic N) is 2. The molecule has 1 heterocycles. The monoisotopic (exact) mass is 347 g/mol. The van der Waals surface area contributed by atoms with Gasteiger partial charge in [-0.25, -0.2) is 4.98 Å². The third-order valence-electron chi connectivity index (χ3n) is 2.87. The fourth-order valence-corrected chi connectivity index (χ4v) is 2.82. The predicted molar refractivity (Wildman–Crippen MR) is 95.2 cm³/mol. The highest BCUT2D eigenvalue weighted by atomic mass is 35.5. The van der Waals surface area contributed by atoms with E-state index in [9.17, 15) is 0 Å². The quantitative estimate of drug-likeness (QED) is 0.495. The van der Waals surface area contributed by atoms with Crippen molar-refractivity contribution in [3.63, 3.8) is 0 Å². The molecule has 3 nitrogen and oxygen atoms in total. The van der Waals surface area contributed by atoms with Crippen LogP contribution in [0.4, 0.5) is 5.13 Å². The number of hydrazone groups is 1. The Balaban J connectivity index is 1.68. The summed E-state index contributed by atoms with van der Waals surface area (Å²) in [6.45, 7) is 0. The first-order valence-electron chi connectivity index (χ1n) is 6.47. The minimum absolute atomic E-state index is 0.684. The first-order valence-corrected chi connectivity index (χ1v) is 8.10. The van der Waals surface area contributed by atoms with Gasteiger partial charge in [0.25, 0.3) is 0 Å². The Bertz CT molecular complexity index is 797. The van der Waals surface area contributed by atoms with Crippen LogP contribution in [0.2, 0.25) is 10.0 Å². The molecule has 3 aromatic rings. The molecule has 3 rings (SSSR count). The molecular weight excluding hydrogens is 337 g/mol. The number of nitrogens with one attached hydrogen (secondary N) is 1. The van der Waals surface area contributed by atoms with E-state index in [1.54, 1.807) is 6.21 Å². The number of rotatable bonds is 4. The molecule has 22 heavy (non-hydrogen) atoms. The zero-order valence-corrected chi connectivity index (χ0v) is 13.7. The molecule has 0 bridgehead atoms. The van der Waals surface area contributed by atoms with Gasteiger partial charge in [-0.05, 0) is 29.8 Å². The van der Waals surface area contributed by atoms with Gasteiger partial charge in [-0.1, -0.05) is 47.5 Å². The van der Waals surface area contributed by atoms with Crippen LogP contribution in [0.3, 0.4) is 0 Å². The lowest BCUT2D eigenvalue weighted by Gasteiger charge is -1.97.